The van der Waals surface area contributed by atoms with Crippen LogP contribution in [0.25, 0.3) is 0 Å². The lowest BCUT2D eigenvalue weighted by Crippen LogP contribution is -2.43. The van der Waals surface area contributed by atoms with Crippen molar-refractivity contribution in [2.45, 2.75) is 70.8 Å². The molecule has 3 nitrogen and oxygen atoms in total. The smallest absolute Gasteiger partial charge is 0.222 e. The quantitative estimate of drug-likeness (QED) is 0.802. The first-order valence-electron chi connectivity index (χ1n) is 9.44. The van der Waals surface area contributed by atoms with E-state index < -0.39 is 0 Å². The molecule has 1 fully saturated rings. The fraction of sp³-hybridized carbons (Fsp3) is 0.667. The Labute approximate surface area is 147 Å². The molecule has 1 aliphatic heterocycles. The summed E-state index contributed by atoms with van der Waals surface area (Å²) in [4.78, 5) is 14.3. The molecule has 0 unspecified atom stereocenters. The van der Waals surface area contributed by atoms with E-state index in [1.165, 1.54) is 11.1 Å². The lowest BCUT2D eigenvalue weighted by molar-refractivity contribution is -0.132. The average molecular weight is 331 g/mol. The van der Waals surface area contributed by atoms with Crippen LogP contribution >= 0.6 is 0 Å². The summed E-state index contributed by atoms with van der Waals surface area (Å²) >= 11 is 0. The summed E-state index contributed by atoms with van der Waals surface area (Å²) in [5, 5.41) is 3.35. The molecule has 1 saturated heterocycles. The molecule has 134 valence electrons. The number of amides is 1. The van der Waals surface area contributed by atoms with Crippen molar-refractivity contribution in [3.05, 3.63) is 35.4 Å². The van der Waals surface area contributed by atoms with Crippen LogP contribution < -0.4 is 5.32 Å². The maximum absolute atomic E-state index is 12.3. The fourth-order valence-electron chi connectivity index (χ4n) is 3.35. The molecule has 0 atom stereocenters. The van der Waals surface area contributed by atoms with Crippen LogP contribution in [0.1, 0.15) is 64.0 Å². The molecule has 1 heterocycles. The molecule has 0 spiro atoms. The Morgan fingerprint density at radius 3 is 2.33 bits per heavy atom. The lowest BCUT2D eigenvalue weighted by atomic mass is 9.86. The summed E-state index contributed by atoms with van der Waals surface area (Å²) < 4.78 is 0. The van der Waals surface area contributed by atoms with Gasteiger partial charge in [0.25, 0.3) is 0 Å². The van der Waals surface area contributed by atoms with Crippen molar-refractivity contribution in [2.24, 2.45) is 0 Å². The van der Waals surface area contributed by atoms with E-state index in [1.54, 1.807) is 0 Å². The lowest BCUT2D eigenvalue weighted by Gasteiger charge is -2.31. The Kier molecular flexibility index (Phi) is 6.85. The van der Waals surface area contributed by atoms with Crippen molar-refractivity contribution in [3.63, 3.8) is 0 Å². The van der Waals surface area contributed by atoms with Gasteiger partial charge in [-0.1, -0.05) is 45.0 Å². The maximum atomic E-state index is 12.3. The predicted octanol–water partition coefficient (Wildman–Crippen LogP) is 3.91. The Morgan fingerprint density at radius 2 is 1.75 bits per heavy atom. The third-order valence-corrected chi connectivity index (χ3v) is 5.18. The highest BCUT2D eigenvalue weighted by molar-refractivity contribution is 5.76. The van der Waals surface area contributed by atoms with Crippen molar-refractivity contribution in [1.82, 2.24) is 10.2 Å². The largest absolute Gasteiger partial charge is 0.343 e. The number of hydrogen-bond donors (Lipinski definition) is 1. The molecule has 3 heteroatoms. The first kappa shape index (κ1) is 19.0. The summed E-state index contributed by atoms with van der Waals surface area (Å²) in [5.74, 6) is 0.310. The van der Waals surface area contributed by atoms with Crippen molar-refractivity contribution in [1.29, 1.82) is 0 Å². The topological polar surface area (TPSA) is 32.3 Å². The molecule has 0 bridgehead atoms. The average Bonchev–Trinajstić information content (AvgIpc) is 2.58. The van der Waals surface area contributed by atoms with Gasteiger partial charge in [0, 0.05) is 19.5 Å². The molecule has 1 N–H and O–H groups in total. The van der Waals surface area contributed by atoms with Gasteiger partial charge in [0.2, 0.25) is 5.91 Å². The zero-order valence-corrected chi connectivity index (χ0v) is 15.9. The SMILES string of the molecule is CN(C(=O)CCCCc1ccc(C(C)(C)C)cc1)C1CCNCC1. The minimum atomic E-state index is 0.212. The summed E-state index contributed by atoms with van der Waals surface area (Å²) in [7, 11) is 1.98. The first-order valence-corrected chi connectivity index (χ1v) is 9.44. The number of benzene rings is 1. The number of carbonyl (C=O) groups is 1. The highest BCUT2D eigenvalue weighted by atomic mass is 16.2. The van der Waals surface area contributed by atoms with Gasteiger partial charge in [-0.3, -0.25) is 4.79 Å². The van der Waals surface area contributed by atoms with E-state index in [-0.39, 0.29) is 5.41 Å². The van der Waals surface area contributed by atoms with Gasteiger partial charge in [-0.05, 0) is 61.7 Å². The van der Waals surface area contributed by atoms with Crippen molar-refractivity contribution >= 4 is 5.91 Å². The zero-order valence-electron chi connectivity index (χ0n) is 15.9. The number of nitrogens with one attached hydrogen (secondary N) is 1. The summed E-state index contributed by atoms with van der Waals surface area (Å²) in [6, 6.07) is 9.40. The number of rotatable bonds is 6. The molecule has 1 amide bonds. The van der Waals surface area contributed by atoms with Gasteiger partial charge in [-0.25, -0.2) is 0 Å². The highest BCUT2D eigenvalue weighted by Gasteiger charge is 2.21. The summed E-state index contributed by atoms with van der Waals surface area (Å²) in [6.45, 7) is 8.80. The van der Waals surface area contributed by atoms with Crippen LogP contribution in [-0.2, 0) is 16.6 Å². The standard InChI is InChI=1S/C21H34N2O/c1-21(2,3)18-11-9-17(10-12-18)7-5-6-8-20(24)23(4)19-13-15-22-16-14-19/h9-12,19,22H,5-8,13-16H2,1-4H3. The molecular weight excluding hydrogens is 296 g/mol. The van der Waals surface area contributed by atoms with Crippen LogP contribution in [-0.4, -0.2) is 37.0 Å². The van der Waals surface area contributed by atoms with Gasteiger partial charge in [-0.15, -0.1) is 0 Å². The molecule has 0 aromatic heterocycles. The number of carbonyl (C=O) groups excluding carboxylic acids is 1. The first-order chi connectivity index (χ1) is 11.4. The second kappa shape index (κ2) is 8.66. The van der Waals surface area contributed by atoms with Gasteiger partial charge in [-0.2, -0.15) is 0 Å². The van der Waals surface area contributed by atoms with E-state index in [2.05, 4.69) is 50.4 Å². The van der Waals surface area contributed by atoms with Gasteiger partial charge >= 0.3 is 0 Å². The monoisotopic (exact) mass is 330 g/mol. The Hall–Kier alpha value is -1.35. The fourth-order valence-corrected chi connectivity index (χ4v) is 3.35. The number of piperidine rings is 1. The molecule has 1 aliphatic rings. The number of nitrogens with zero attached hydrogens (tertiary/aromatic N) is 1. The van der Waals surface area contributed by atoms with Crippen molar-refractivity contribution in [3.8, 4) is 0 Å². The summed E-state index contributed by atoms with van der Waals surface area (Å²) in [5.41, 5.74) is 2.97. The van der Waals surface area contributed by atoms with Gasteiger partial charge < -0.3 is 10.2 Å². The zero-order chi connectivity index (χ0) is 17.6. The van der Waals surface area contributed by atoms with Crippen LogP contribution in [0.3, 0.4) is 0 Å². The Morgan fingerprint density at radius 1 is 1.12 bits per heavy atom. The minimum absolute atomic E-state index is 0.212. The second-order valence-corrected chi connectivity index (χ2v) is 8.14. The number of unbranched alkanes of at least 4 members (excludes halogenated alkanes) is 1. The molecule has 2 rings (SSSR count). The van der Waals surface area contributed by atoms with Crippen LogP contribution in [0.2, 0.25) is 0 Å². The summed E-state index contributed by atoms with van der Waals surface area (Å²) in [6.07, 6.45) is 5.98. The molecule has 1 aromatic rings. The third-order valence-electron chi connectivity index (χ3n) is 5.18. The van der Waals surface area contributed by atoms with Gasteiger partial charge in [0.15, 0.2) is 0 Å². The number of aryl methyl sites for hydroxylation is 1. The predicted molar refractivity (Wildman–Crippen MR) is 101 cm³/mol. The molecule has 0 saturated carbocycles. The molecule has 0 radical (unpaired) electrons. The Balaban J connectivity index is 1.69. The van der Waals surface area contributed by atoms with E-state index >= 15 is 0 Å². The minimum Gasteiger partial charge on any atom is -0.343 e. The van der Waals surface area contributed by atoms with Crippen LogP contribution in [0.15, 0.2) is 24.3 Å². The molecule has 24 heavy (non-hydrogen) atoms. The second-order valence-electron chi connectivity index (χ2n) is 8.14. The maximum Gasteiger partial charge on any atom is 0.222 e. The molecule has 0 aliphatic carbocycles. The van der Waals surface area contributed by atoms with E-state index in [1.807, 2.05) is 11.9 Å². The highest BCUT2D eigenvalue weighted by Crippen LogP contribution is 2.22. The van der Waals surface area contributed by atoms with E-state index in [0.29, 0.717) is 18.4 Å². The Bertz CT molecular complexity index is 510. The van der Waals surface area contributed by atoms with Crippen molar-refractivity contribution in [2.75, 3.05) is 20.1 Å². The van der Waals surface area contributed by atoms with Gasteiger partial charge in [0.05, 0.1) is 0 Å². The van der Waals surface area contributed by atoms with Crippen LogP contribution in [0, 0.1) is 0 Å². The van der Waals surface area contributed by atoms with E-state index in [4.69, 9.17) is 0 Å². The van der Waals surface area contributed by atoms with E-state index in [9.17, 15) is 4.79 Å². The number of hydrogen-bond acceptors (Lipinski definition) is 2. The molecular formula is C21H34N2O. The van der Waals surface area contributed by atoms with Crippen molar-refractivity contribution < 1.29 is 4.79 Å². The third kappa shape index (κ3) is 5.62. The van der Waals surface area contributed by atoms with Gasteiger partial charge in [0.1, 0.15) is 0 Å². The van der Waals surface area contributed by atoms with E-state index in [0.717, 1.165) is 45.2 Å². The normalized spacial score (nSPS) is 16.2. The van der Waals surface area contributed by atoms with Crippen LogP contribution in [0.5, 0.6) is 0 Å². The molecule has 1 aromatic carbocycles. The van der Waals surface area contributed by atoms with Crippen LogP contribution in [0.4, 0.5) is 0 Å².